The Bertz CT molecular complexity index is 558. The molecule has 0 radical (unpaired) electrons. The first-order valence-electron chi connectivity index (χ1n) is 4.93. The number of halogens is 2. The zero-order chi connectivity index (χ0) is 12.4. The van der Waals surface area contributed by atoms with Crippen LogP contribution in [-0.2, 0) is 0 Å². The number of nitrogen functional groups attached to an aromatic ring is 1. The van der Waals surface area contributed by atoms with Gasteiger partial charge < -0.3 is 10.5 Å². The lowest BCUT2D eigenvalue weighted by Crippen LogP contribution is -1.98. The van der Waals surface area contributed by atoms with Crippen LogP contribution >= 0.6 is 0 Å². The van der Waals surface area contributed by atoms with E-state index in [9.17, 15) is 8.78 Å². The standard InChI is InChI=1S/C12H10F2N2O/c1-7-5-6-9(15)12(16-7)17-10-4-2-3-8(13)11(10)14/h2-6H,15H2,1H3. The molecule has 1 aromatic heterocycles. The first-order chi connectivity index (χ1) is 8.08. The minimum atomic E-state index is -1.06. The molecule has 0 aliphatic heterocycles. The van der Waals surface area contributed by atoms with Crippen LogP contribution < -0.4 is 10.5 Å². The highest BCUT2D eigenvalue weighted by Crippen LogP contribution is 2.28. The summed E-state index contributed by atoms with van der Waals surface area (Å²) in [5, 5.41) is 0. The Morgan fingerprint density at radius 3 is 2.71 bits per heavy atom. The highest BCUT2D eigenvalue weighted by molar-refractivity contribution is 5.50. The lowest BCUT2D eigenvalue weighted by Gasteiger charge is -2.08. The van der Waals surface area contributed by atoms with Crippen molar-refractivity contribution >= 4 is 5.69 Å². The Balaban J connectivity index is 2.38. The molecule has 88 valence electrons. The van der Waals surface area contributed by atoms with Crippen LogP contribution in [-0.4, -0.2) is 4.98 Å². The summed E-state index contributed by atoms with van der Waals surface area (Å²) in [6, 6.07) is 6.95. The Kier molecular flexibility index (Phi) is 2.91. The number of aromatic nitrogens is 1. The third-order valence-corrected chi connectivity index (χ3v) is 2.15. The second kappa shape index (κ2) is 4.37. The second-order valence-corrected chi connectivity index (χ2v) is 3.50. The van der Waals surface area contributed by atoms with Crippen molar-refractivity contribution in [1.29, 1.82) is 0 Å². The van der Waals surface area contributed by atoms with E-state index in [2.05, 4.69) is 4.98 Å². The van der Waals surface area contributed by atoms with Crippen molar-refractivity contribution in [2.24, 2.45) is 0 Å². The predicted molar refractivity (Wildman–Crippen MR) is 59.8 cm³/mol. The summed E-state index contributed by atoms with van der Waals surface area (Å²) in [4.78, 5) is 4.00. The number of hydrogen-bond donors (Lipinski definition) is 1. The molecule has 2 aromatic rings. The van der Waals surface area contributed by atoms with E-state index in [4.69, 9.17) is 10.5 Å². The van der Waals surface area contributed by atoms with Gasteiger partial charge in [-0.1, -0.05) is 6.07 Å². The van der Waals surface area contributed by atoms with Gasteiger partial charge in [0.15, 0.2) is 11.6 Å². The molecule has 3 nitrogen and oxygen atoms in total. The SMILES string of the molecule is Cc1ccc(N)c(Oc2cccc(F)c2F)n1. The lowest BCUT2D eigenvalue weighted by molar-refractivity contribution is 0.406. The van der Waals surface area contributed by atoms with E-state index >= 15 is 0 Å². The van der Waals surface area contributed by atoms with Crippen LogP contribution in [0.1, 0.15) is 5.69 Å². The van der Waals surface area contributed by atoms with Crippen LogP contribution in [0.4, 0.5) is 14.5 Å². The van der Waals surface area contributed by atoms with Gasteiger partial charge in [0.05, 0.1) is 5.69 Å². The first kappa shape index (κ1) is 11.3. The predicted octanol–water partition coefficient (Wildman–Crippen LogP) is 3.04. The molecule has 1 heterocycles. The molecule has 0 saturated heterocycles. The number of rotatable bonds is 2. The van der Waals surface area contributed by atoms with Gasteiger partial charge in [-0.25, -0.2) is 9.37 Å². The molecule has 0 bridgehead atoms. The molecule has 5 heteroatoms. The first-order valence-corrected chi connectivity index (χ1v) is 4.93. The topological polar surface area (TPSA) is 48.1 Å². The number of benzene rings is 1. The summed E-state index contributed by atoms with van der Waals surface area (Å²) < 4.78 is 31.5. The van der Waals surface area contributed by atoms with Crippen molar-refractivity contribution in [2.45, 2.75) is 6.92 Å². The van der Waals surface area contributed by atoms with Crippen molar-refractivity contribution < 1.29 is 13.5 Å². The number of pyridine rings is 1. The summed E-state index contributed by atoms with van der Waals surface area (Å²) in [6.45, 7) is 1.74. The Labute approximate surface area is 96.9 Å². The van der Waals surface area contributed by atoms with Crippen molar-refractivity contribution in [1.82, 2.24) is 4.98 Å². The third kappa shape index (κ3) is 2.33. The molecular weight excluding hydrogens is 226 g/mol. The highest BCUT2D eigenvalue weighted by atomic mass is 19.2. The molecule has 0 saturated carbocycles. The Morgan fingerprint density at radius 2 is 1.94 bits per heavy atom. The van der Waals surface area contributed by atoms with E-state index < -0.39 is 11.6 Å². The number of hydrogen-bond acceptors (Lipinski definition) is 3. The van der Waals surface area contributed by atoms with E-state index in [-0.39, 0.29) is 17.3 Å². The fraction of sp³-hybridized carbons (Fsp3) is 0.0833. The number of anilines is 1. The maximum absolute atomic E-state index is 13.4. The van der Waals surface area contributed by atoms with E-state index in [1.54, 1.807) is 19.1 Å². The summed E-state index contributed by atoms with van der Waals surface area (Å²) in [5.41, 5.74) is 6.56. The molecule has 17 heavy (non-hydrogen) atoms. The number of ether oxygens (including phenoxy) is 1. The number of nitrogens with zero attached hydrogens (tertiary/aromatic N) is 1. The van der Waals surface area contributed by atoms with Gasteiger partial charge in [-0.15, -0.1) is 0 Å². The van der Waals surface area contributed by atoms with Crippen LogP contribution in [0.25, 0.3) is 0 Å². The van der Waals surface area contributed by atoms with Crippen LogP contribution in [0, 0.1) is 18.6 Å². The molecule has 0 fully saturated rings. The zero-order valence-electron chi connectivity index (χ0n) is 9.08. The van der Waals surface area contributed by atoms with Gasteiger partial charge in [0.25, 0.3) is 0 Å². The average molecular weight is 236 g/mol. The van der Waals surface area contributed by atoms with E-state index in [1.165, 1.54) is 12.1 Å². The molecule has 0 spiro atoms. The smallest absolute Gasteiger partial charge is 0.243 e. The monoisotopic (exact) mass is 236 g/mol. The average Bonchev–Trinajstić information content (AvgIpc) is 2.30. The van der Waals surface area contributed by atoms with E-state index in [0.717, 1.165) is 6.07 Å². The van der Waals surface area contributed by atoms with Gasteiger partial charge in [-0.2, -0.15) is 4.39 Å². The summed E-state index contributed by atoms with van der Waals surface area (Å²) >= 11 is 0. The van der Waals surface area contributed by atoms with Gasteiger partial charge in [-0.3, -0.25) is 0 Å². The molecule has 0 amide bonds. The van der Waals surface area contributed by atoms with Crippen molar-refractivity contribution in [3.63, 3.8) is 0 Å². The van der Waals surface area contributed by atoms with Gasteiger partial charge in [0.2, 0.25) is 11.7 Å². The van der Waals surface area contributed by atoms with Crippen LogP contribution in [0.2, 0.25) is 0 Å². The van der Waals surface area contributed by atoms with Crippen LogP contribution in [0.3, 0.4) is 0 Å². The van der Waals surface area contributed by atoms with Gasteiger partial charge in [0.1, 0.15) is 0 Å². The minimum Gasteiger partial charge on any atom is -0.434 e. The fourth-order valence-corrected chi connectivity index (χ4v) is 1.29. The normalized spacial score (nSPS) is 10.3. The molecule has 0 atom stereocenters. The van der Waals surface area contributed by atoms with Crippen LogP contribution in [0.15, 0.2) is 30.3 Å². The van der Waals surface area contributed by atoms with Crippen molar-refractivity contribution in [3.05, 3.63) is 47.7 Å². The molecule has 0 aliphatic carbocycles. The summed E-state index contributed by atoms with van der Waals surface area (Å²) in [7, 11) is 0. The van der Waals surface area contributed by atoms with Crippen molar-refractivity contribution in [3.8, 4) is 11.6 Å². The molecular formula is C12H10F2N2O. The fourth-order valence-electron chi connectivity index (χ4n) is 1.29. The molecule has 2 N–H and O–H groups in total. The van der Waals surface area contributed by atoms with Gasteiger partial charge >= 0.3 is 0 Å². The maximum atomic E-state index is 13.4. The lowest BCUT2D eigenvalue weighted by atomic mass is 10.3. The Hall–Kier alpha value is -2.17. The highest BCUT2D eigenvalue weighted by Gasteiger charge is 2.12. The van der Waals surface area contributed by atoms with Crippen molar-refractivity contribution in [2.75, 3.05) is 5.73 Å². The van der Waals surface area contributed by atoms with Gasteiger partial charge in [-0.05, 0) is 31.2 Å². The van der Waals surface area contributed by atoms with E-state index in [0.29, 0.717) is 5.69 Å². The summed E-state index contributed by atoms with van der Waals surface area (Å²) in [5.74, 6) is -2.21. The Morgan fingerprint density at radius 1 is 1.18 bits per heavy atom. The second-order valence-electron chi connectivity index (χ2n) is 3.50. The number of aryl methyl sites for hydroxylation is 1. The quantitative estimate of drug-likeness (QED) is 0.871. The van der Waals surface area contributed by atoms with Crippen LogP contribution in [0.5, 0.6) is 11.6 Å². The maximum Gasteiger partial charge on any atom is 0.243 e. The molecule has 0 aliphatic rings. The molecule has 1 aromatic carbocycles. The van der Waals surface area contributed by atoms with E-state index in [1.807, 2.05) is 0 Å². The molecule has 2 rings (SSSR count). The van der Waals surface area contributed by atoms with Gasteiger partial charge in [0, 0.05) is 5.69 Å². The molecule has 0 unspecified atom stereocenters. The zero-order valence-corrected chi connectivity index (χ0v) is 9.08. The third-order valence-electron chi connectivity index (χ3n) is 2.15. The number of nitrogens with two attached hydrogens (primary N) is 1. The summed E-state index contributed by atoms with van der Waals surface area (Å²) in [6.07, 6.45) is 0. The largest absolute Gasteiger partial charge is 0.434 e. The minimum absolute atomic E-state index is 0.0644.